The van der Waals surface area contributed by atoms with Crippen LogP contribution >= 0.6 is 0 Å². The Kier molecular flexibility index (Phi) is 3.13. The molecule has 0 aromatic rings. The zero-order chi connectivity index (χ0) is 9.19. The highest BCUT2D eigenvalue weighted by Gasteiger charge is 2.44. The molecule has 2 heteroatoms. The van der Waals surface area contributed by atoms with Crippen molar-refractivity contribution in [2.75, 3.05) is 14.2 Å². The second-order valence-corrected chi connectivity index (χ2v) is 4.13. The molecule has 1 atom stereocenters. The largest absolute Gasteiger partial charge is 0.377 e. The lowest BCUT2D eigenvalue weighted by Gasteiger charge is -2.48. The van der Waals surface area contributed by atoms with Gasteiger partial charge in [-0.25, -0.2) is 0 Å². The number of methoxy groups -OCH3 is 1. The summed E-state index contributed by atoms with van der Waals surface area (Å²) in [6, 6.07) is 0.510. The third kappa shape index (κ3) is 1.50. The highest BCUT2D eigenvalue weighted by molar-refractivity contribution is 5.00. The molecule has 2 nitrogen and oxygen atoms in total. The van der Waals surface area contributed by atoms with Crippen molar-refractivity contribution in [2.24, 2.45) is 5.92 Å². The first kappa shape index (κ1) is 10.0. The molecule has 72 valence electrons. The normalized spacial score (nSPS) is 23.8. The molecular weight excluding hydrogens is 150 g/mol. The van der Waals surface area contributed by atoms with Crippen LogP contribution in [0.15, 0.2) is 0 Å². The summed E-state index contributed by atoms with van der Waals surface area (Å²) in [6.45, 7) is 4.50. The highest BCUT2D eigenvalue weighted by Crippen LogP contribution is 2.40. The van der Waals surface area contributed by atoms with Gasteiger partial charge in [-0.05, 0) is 32.2 Å². The van der Waals surface area contributed by atoms with Crippen LogP contribution in [0.3, 0.4) is 0 Å². The molecule has 0 heterocycles. The molecule has 12 heavy (non-hydrogen) atoms. The molecule has 0 spiro atoms. The monoisotopic (exact) mass is 171 g/mol. The highest BCUT2D eigenvalue weighted by atomic mass is 16.5. The minimum Gasteiger partial charge on any atom is -0.377 e. The molecule has 1 fully saturated rings. The molecule has 0 amide bonds. The first-order valence-electron chi connectivity index (χ1n) is 4.88. The maximum atomic E-state index is 5.63. The summed E-state index contributed by atoms with van der Waals surface area (Å²) < 4.78 is 5.63. The van der Waals surface area contributed by atoms with E-state index in [0.29, 0.717) is 12.0 Å². The molecule has 0 saturated heterocycles. The van der Waals surface area contributed by atoms with E-state index in [1.807, 2.05) is 14.2 Å². The van der Waals surface area contributed by atoms with E-state index < -0.39 is 0 Å². The molecule has 0 aromatic carbocycles. The fraction of sp³-hybridized carbons (Fsp3) is 1.00. The fourth-order valence-corrected chi connectivity index (χ4v) is 2.37. The number of hydrogen-bond acceptors (Lipinski definition) is 2. The van der Waals surface area contributed by atoms with Crippen molar-refractivity contribution >= 4 is 0 Å². The van der Waals surface area contributed by atoms with E-state index in [1.165, 1.54) is 19.3 Å². The Labute approximate surface area is 75.7 Å². The van der Waals surface area contributed by atoms with Gasteiger partial charge in [0.2, 0.25) is 0 Å². The van der Waals surface area contributed by atoms with Crippen LogP contribution in [0.2, 0.25) is 0 Å². The first-order valence-corrected chi connectivity index (χ1v) is 4.88. The van der Waals surface area contributed by atoms with Gasteiger partial charge in [-0.3, -0.25) is 0 Å². The summed E-state index contributed by atoms with van der Waals surface area (Å²) in [7, 11) is 3.87. The van der Waals surface area contributed by atoms with Crippen LogP contribution in [0.5, 0.6) is 0 Å². The van der Waals surface area contributed by atoms with E-state index in [0.717, 1.165) is 0 Å². The SMILES string of the molecule is CNC(C(C)C)C1(OC)CCC1. The maximum absolute atomic E-state index is 5.63. The van der Waals surface area contributed by atoms with Crippen molar-refractivity contribution in [2.45, 2.75) is 44.8 Å². The zero-order valence-electron chi connectivity index (χ0n) is 8.68. The Morgan fingerprint density at radius 1 is 1.33 bits per heavy atom. The Hall–Kier alpha value is -0.0800. The quantitative estimate of drug-likeness (QED) is 0.696. The lowest BCUT2D eigenvalue weighted by atomic mass is 9.71. The van der Waals surface area contributed by atoms with Crippen LogP contribution < -0.4 is 5.32 Å². The zero-order valence-corrected chi connectivity index (χ0v) is 8.68. The minimum absolute atomic E-state index is 0.142. The van der Waals surface area contributed by atoms with Crippen molar-refractivity contribution in [1.82, 2.24) is 5.32 Å². The molecule has 1 aliphatic carbocycles. The number of rotatable bonds is 4. The molecule has 1 saturated carbocycles. The summed E-state index contributed by atoms with van der Waals surface area (Å²) in [6.07, 6.45) is 3.75. The molecule has 0 aromatic heterocycles. The lowest BCUT2D eigenvalue weighted by molar-refractivity contribution is -0.107. The Morgan fingerprint density at radius 2 is 1.92 bits per heavy atom. The third-order valence-electron chi connectivity index (χ3n) is 3.15. The van der Waals surface area contributed by atoms with Gasteiger partial charge < -0.3 is 10.1 Å². The summed E-state index contributed by atoms with van der Waals surface area (Å²) in [5, 5.41) is 3.37. The van der Waals surface area contributed by atoms with E-state index in [-0.39, 0.29) is 5.60 Å². The van der Waals surface area contributed by atoms with Crippen LogP contribution in [0.1, 0.15) is 33.1 Å². The van der Waals surface area contributed by atoms with Gasteiger partial charge in [0.05, 0.1) is 5.60 Å². The number of nitrogens with one attached hydrogen (secondary N) is 1. The van der Waals surface area contributed by atoms with Crippen molar-refractivity contribution in [3.8, 4) is 0 Å². The van der Waals surface area contributed by atoms with E-state index in [2.05, 4.69) is 19.2 Å². The van der Waals surface area contributed by atoms with Crippen LogP contribution in [-0.2, 0) is 4.74 Å². The topological polar surface area (TPSA) is 21.3 Å². The number of hydrogen-bond donors (Lipinski definition) is 1. The third-order valence-corrected chi connectivity index (χ3v) is 3.15. The average molecular weight is 171 g/mol. The molecule has 0 radical (unpaired) electrons. The van der Waals surface area contributed by atoms with Crippen LogP contribution in [0, 0.1) is 5.92 Å². The van der Waals surface area contributed by atoms with Gasteiger partial charge in [-0.15, -0.1) is 0 Å². The van der Waals surface area contributed by atoms with Gasteiger partial charge >= 0.3 is 0 Å². The predicted octanol–water partition coefficient (Wildman–Crippen LogP) is 1.80. The molecule has 1 rings (SSSR count). The van der Waals surface area contributed by atoms with E-state index in [1.54, 1.807) is 0 Å². The molecular formula is C10H21NO. The van der Waals surface area contributed by atoms with E-state index in [4.69, 9.17) is 4.74 Å². The van der Waals surface area contributed by atoms with E-state index in [9.17, 15) is 0 Å². The Morgan fingerprint density at radius 3 is 2.00 bits per heavy atom. The number of likely N-dealkylation sites (N-methyl/N-ethyl adjacent to an activating group) is 1. The molecule has 1 N–H and O–H groups in total. The maximum Gasteiger partial charge on any atom is 0.0833 e. The predicted molar refractivity (Wildman–Crippen MR) is 51.3 cm³/mol. The lowest BCUT2D eigenvalue weighted by Crippen LogP contribution is -2.57. The van der Waals surface area contributed by atoms with Crippen molar-refractivity contribution in [3.63, 3.8) is 0 Å². The van der Waals surface area contributed by atoms with Gasteiger partial charge in [0.1, 0.15) is 0 Å². The Bertz CT molecular complexity index is 135. The summed E-state index contributed by atoms with van der Waals surface area (Å²) in [5.41, 5.74) is 0.142. The van der Waals surface area contributed by atoms with Gasteiger partial charge in [0.25, 0.3) is 0 Å². The van der Waals surface area contributed by atoms with Gasteiger partial charge in [0.15, 0.2) is 0 Å². The summed E-state index contributed by atoms with van der Waals surface area (Å²) >= 11 is 0. The van der Waals surface area contributed by atoms with Gasteiger partial charge in [0, 0.05) is 13.2 Å². The smallest absolute Gasteiger partial charge is 0.0833 e. The van der Waals surface area contributed by atoms with Crippen molar-refractivity contribution in [1.29, 1.82) is 0 Å². The van der Waals surface area contributed by atoms with E-state index >= 15 is 0 Å². The average Bonchev–Trinajstić information content (AvgIpc) is 1.95. The molecule has 1 aliphatic rings. The second-order valence-electron chi connectivity index (χ2n) is 4.13. The van der Waals surface area contributed by atoms with Crippen LogP contribution in [0.25, 0.3) is 0 Å². The summed E-state index contributed by atoms with van der Waals surface area (Å²) in [4.78, 5) is 0. The first-order chi connectivity index (χ1) is 5.66. The van der Waals surface area contributed by atoms with Crippen LogP contribution in [-0.4, -0.2) is 25.8 Å². The molecule has 0 bridgehead atoms. The standard InChI is InChI=1S/C10H21NO/c1-8(2)9(11-3)10(12-4)6-5-7-10/h8-9,11H,5-7H2,1-4H3. The van der Waals surface area contributed by atoms with Gasteiger partial charge in [-0.2, -0.15) is 0 Å². The minimum atomic E-state index is 0.142. The summed E-state index contributed by atoms with van der Waals surface area (Å²) in [5.74, 6) is 0.648. The van der Waals surface area contributed by atoms with Crippen molar-refractivity contribution in [3.05, 3.63) is 0 Å². The van der Waals surface area contributed by atoms with Crippen molar-refractivity contribution < 1.29 is 4.74 Å². The molecule has 1 unspecified atom stereocenters. The second kappa shape index (κ2) is 3.75. The Balaban J connectivity index is 2.61. The van der Waals surface area contributed by atoms with Gasteiger partial charge in [-0.1, -0.05) is 13.8 Å². The number of ether oxygens (including phenoxy) is 1. The van der Waals surface area contributed by atoms with Crippen LogP contribution in [0.4, 0.5) is 0 Å². The fourth-order valence-electron chi connectivity index (χ4n) is 2.37. The molecule has 0 aliphatic heterocycles.